The highest BCUT2D eigenvalue weighted by Crippen LogP contribution is 2.35. The van der Waals surface area contributed by atoms with E-state index in [1.165, 1.54) is 5.56 Å². The normalized spacial score (nSPS) is 13.0. The third kappa shape index (κ3) is 4.94. The van der Waals surface area contributed by atoms with E-state index in [9.17, 15) is 0 Å². The lowest BCUT2D eigenvalue weighted by molar-refractivity contribution is 0.352. The Kier molecular flexibility index (Phi) is 5.18. The van der Waals surface area contributed by atoms with E-state index in [-0.39, 0.29) is 11.5 Å². The molecule has 0 aliphatic heterocycles. The molecule has 1 nitrogen and oxygen atoms in total. The van der Waals surface area contributed by atoms with Crippen molar-refractivity contribution in [2.75, 3.05) is 5.32 Å². The standard InChI is InChI=1S/C18H21Cl2N/c1-18(2,3)12-17(13-7-5-4-6-8-13)21-16-11-14(19)9-10-15(16)20/h4-11,17,21H,12H2,1-3H3. The molecular formula is C18H21Cl2N. The predicted octanol–water partition coefficient (Wildman–Crippen LogP) is 6.58. The summed E-state index contributed by atoms with van der Waals surface area (Å²) in [6, 6.07) is 16.1. The Bertz CT molecular complexity index is 588. The lowest BCUT2D eigenvalue weighted by Crippen LogP contribution is -2.18. The zero-order valence-electron chi connectivity index (χ0n) is 12.7. The second kappa shape index (κ2) is 6.72. The van der Waals surface area contributed by atoms with Gasteiger partial charge in [-0.25, -0.2) is 0 Å². The average Bonchev–Trinajstić information content (AvgIpc) is 2.42. The highest BCUT2D eigenvalue weighted by atomic mass is 35.5. The molecule has 0 saturated heterocycles. The molecule has 0 aliphatic carbocycles. The molecule has 2 aromatic carbocycles. The van der Waals surface area contributed by atoms with Gasteiger partial charge in [-0.2, -0.15) is 0 Å². The van der Waals surface area contributed by atoms with Gasteiger partial charge in [0, 0.05) is 5.02 Å². The summed E-state index contributed by atoms with van der Waals surface area (Å²) < 4.78 is 0. The maximum Gasteiger partial charge on any atom is 0.0638 e. The minimum Gasteiger partial charge on any atom is -0.377 e. The van der Waals surface area contributed by atoms with Crippen LogP contribution in [0.4, 0.5) is 5.69 Å². The second-order valence-corrected chi connectivity index (χ2v) is 7.34. The van der Waals surface area contributed by atoms with Crippen LogP contribution in [0.2, 0.25) is 10.0 Å². The van der Waals surface area contributed by atoms with Crippen molar-refractivity contribution in [3.05, 3.63) is 64.1 Å². The lowest BCUT2D eigenvalue weighted by Gasteiger charge is -2.28. The van der Waals surface area contributed by atoms with Crippen molar-refractivity contribution >= 4 is 28.9 Å². The molecule has 1 atom stereocenters. The van der Waals surface area contributed by atoms with Gasteiger partial charge in [-0.3, -0.25) is 0 Å². The Morgan fingerprint density at radius 1 is 1.00 bits per heavy atom. The van der Waals surface area contributed by atoms with Crippen LogP contribution in [0.15, 0.2) is 48.5 Å². The summed E-state index contributed by atoms with van der Waals surface area (Å²) in [5.74, 6) is 0. The monoisotopic (exact) mass is 321 g/mol. The van der Waals surface area contributed by atoms with Gasteiger partial charge < -0.3 is 5.32 Å². The molecule has 3 heteroatoms. The van der Waals surface area contributed by atoms with E-state index in [1.807, 2.05) is 18.2 Å². The Labute approximate surface area is 137 Å². The molecular weight excluding hydrogens is 301 g/mol. The largest absolute Gasteiger partial charge is 0.377 e. The van der Waals surface area contributed by atoms with Gasteiger partial charge in [-0.1, -0.05) is 74.3 Å². The van der Waals surface area contributed by atoms with Crippen LogP contribution in [0.5, 0.6) is 0 Å². The van der Waals surface area contributed by atoms with Crippen molar-refractivity contribution in [3.63, 3.8) is 0 Å². The van der Waals surface area contributed by atoms with Crippen LogP contribution in [-0.4, -0.2) is 0 Å². The summed E-state index contributed by atoms with van der Waals surface area (Å²) in [6.07, 6.45) is 1.000. The van der Waals surface area contributed by atoms with Gasteiger partial charge in [0.15, 0.2) is 0 Å². The van der Waals surface area contributed by atoms with Crippen LogP contribution in [0.3, 0.4) is 0 Å². The second-order valence-electron chi connectivity index (χ2n) is 6.50. The van der Waals surface area contributed by atoms with E-state index in [0.29, 0.717) is 10.0 Å². The highest BCUT2D eigenvalue weighted by molar-refractivity contribution is 6.35. The first kappa shape index (κ1) is 16.2. The first-order valence-corrected chi connectivity index (χ1v) is 7.87. The fourth-order valence-corrected chi connectivity index (χ4v) is 2.69. The molecule has 0 aliphatic rings. The summed E-state index contributed by atoms with van der Waals surface area (Å²) in [6.45, 7) is 6.72. The van der Waals surface area contributed by atoms with Crippen LogP contribution >= 0.6 is 23.2 Å². The maximum absolute atomic E-state index is 6.28. The van der Waals surface area contributed by atoms with Gasteiger partial charge in [0.05, 0.1) is 16.8 Å². The number of anilines is 1. The minimum atomic E-state index is 0.196. The molecule has 0 saturated carbocycles. The zero-order valence-corrected chi connectivity index (χ0v) is 14.2. The summed E-state index contributed by atoms with van der Waals surface area (Å²) in [4.78, 5) is 0. The Balaban J connectivity index is 2.30. The molecule has 0 radical (unpaired) electrons. The molecule has 112 valence electrons. The number of benzene rings is 2. The van der Waals surface area contributed by atoms with Crippen LogP contribution in [-0.2, 0) is 0 Å². The van der Waals surface area contributed by atoms with Crippen molar-refractivity contribution in [2.24, 2.45) is 5.41 Å². The highest BCUT2D eigenvalue weighted by Gasteiger charge is 2.21. The molecule has 0 bridgehead atoms. The summed E-state index contributed by atoms with van der Waals surface area (Å²) in [7, 11) is 0. The molecule has 2 rings (SSSR count). The third-order valence-corrected chi connectivity index (χ3v) is 3.84. The van der Waals surface area contributed by atoms with Crippen LogP contribution in [0, 0.1) is 5.41 Å². The summed E-state index contributed by atoms with van der Waals surface area (Å²) >= 11 is 12.4. The number of hydrogen-bond acceptors (Lipinski definition) is 1. The van der Waals surface area contributed by atoms with E-state index in [4.69, 9.17) is 23.2 Å². The summed E-state index contributed by atoms with van der Waals surface area (Å²) in [5.41, 5.74) is 2.34. The SMILES string of the molecule is CC(C)(C)CC(Nc1cc(Cl)ccc1Cl)c1ccccc1. The first-order valence-electron chi connectivity index (χ1n) is 7.12. The maximum atomic E-state index is 6.28. The molecule has 0 fully saturated rings. The van der Waals surface area contributed by atoms with E-state index in [1.54, 1.807) is 6.07 Å². The van der Waals surface area contributed by atoms with Crippen molar-refractivity contribution in [1.82, 2.24) is 0 Å². The Morgan fingerprint density at radius 2 is 1.67 bits per heavy atom. The smallest absolute Gasteiger partial charge is 0.0638 e. The topological polar surface area (TPSA) is 12.0 Å². The molecule has 0 aromatic heterocycles. The molecule has 1 unspecified atom stereocenters. The molecule has 0 spiro atoms. The van der Waals surface area contributed by atoms with Crippen molar-refractivity contribution in [3.8, 4) is 0 Å². The Hall–Kier alpha value is -1.18. The summed E-state index contributed by atoms with van der Waals surface area (Å²) in [5, 5.41) is 4.92. The van der Waals surface area contributed by atoms with E-state index in [0.717, 1.165) is 12.1 Å². The van der Waals surface area contributed by atoms with Gasteiger partial charge in [-0.05, 0) is 35.6 Å². The van der Waals surface area contributed by atoms with Gasteiger partial charge in [0.2, 0.25) is 0 Å². The number of nitrogens with one attached hydrogen (secondary N) is 1. The van der Waals surface area contributed by atoms with Crippen LogP contribution in [0.1, 0.15) is 38.8 Å². The van der Waals surface area contributed by atoms with E-state index >= 15 is 0 Å². The van der Waals surface area contributed by atoms with Gasteiger partial charge in [-0.15, -0.1) is 0 Å². The molecule has 2 aromatic rings. The minimum absolute atomic E-state index is 0.196. The fraction of sp³-hybridized carbons (Fsp3) is 0.333. The van der Waals surface area contributed by atoms with Crippen molar-refractivity contribution in [2.45, 2.75) is 33.2 Å². The average molecular weight is 322 g/mol. The fourth-order valence-electron chi connectivity index (χ4n) is 2.35. The molecule has 21 heavy (non-hydrogen) atoms. The molecule has 0 amide bonds. The van der Waals surface area contributed by atoms with Gasteiger partial charge in [0.1, 0.15) is 0 Å². The quantitative estimate of drug-likeness (QED) is 0.670. The van der Waals surface area contributed by atoms with Crippen molar-refractivity contribution < 1.29 is 0 Å². The van der Waals surface area contributed by atoms with Gasteiger partial charge in [0.25, 0.3) is 0 Å². The Morgan fingerprint density at radius 3 is 2.29 bits per heavy atom. The van der Waals surface area contributed by atoms with E-state index < -0.39 is 0 Å². The lowest BCUT2D eigenvalue weighted by atomic mass is 9.85. The molecule has 0 heterocycles. The number of rotatable bonds is 4. The molecule has 1 N–H and O–H groups in total. The predicted molar refractivity (Wildman–Crippen MR) is 93.3 cm³/mol. The zero-order chi connectivity index (χ0) is 15.5. The van der Waals surface area contributed by atoms with Crippen LogP contribution < -0.4 is 5.32 Å². The van der Waals surface area contributed by atoms with Crippen molar-refractivity contribution in [1.29, 1.82) is 0 Å². The number of halogens is 2. The first-order chi connectivity index (χ1) is 9.85. The van der Waals surface area contributed by atoms with E-state index in [2.05, 4.69) is 50.4 Å². The van der Waals surface area contributed by atoms with Gasteiger partial charge >= 0.3 is 0 Å². The number of hydrogen-bond donors (Lipinski definition) is 1. The van der Waals surface area contributed by atoms with Crippen LogP contribution in [0.25, 0.3) is 0 Å². The third-order valence-electron chi connectivity index (χ3n) is 3.28.